The maximum absolute atomic E-state index is 12.0. The molecule has 1 aliphatic carbocycles. The Morgan fingerprint density at radius 2 is 2.04 bits per heavy atom. The van der Waals surface area contributed by atoms with E-state index in [1.165, 1.54) is 31.5 Å². The van der Waals surface area contributed by atoms with Crippen LogP contribution in [0.1, 0.15) is 36.0 Å². The zero-order chi connectivity index (χ0) is 17.9. The highest BCUT2D eigenvalue weighted by molar-refractivity contribution is 7.91. The lowest BCUT2D eigenvalue weighted by Crippen LogP contribution is -2.35. The number of nitrogens with zero attached hydrogens (tertiary/aromatic N) is 1. The monoisotopic (exact) mass is 355 g/mol. The number of carbonyl (C=O) groups is 1. The number of benzene rings is 1. The first-order valence-corrected chi connectivity index (χ1v) is 9.63. The van der Waals surface area contributed by atoms with E-state index in [1.807, 2.05) is 0 Å². The maximum atomic E-state index is 12.0. The van der Waals surface area contributed by atoms with Gasteiger partial charge in [0.15, 0.2) is 0 Å². The molecule has 132 valence electrons. The fourth-order valence-corrected chi connectivity index (χ4v) is 4.16. The van der Waals surface area contributed by atoms with Crippen LogP contribution >= 0.6 is 0 Å². The van der Waals surface area contributed by atoms with E-state index < -0.39 is 25.9 Å². The van der Waals surface area contributed by atoms with Crippen molar-refractivity contribution in [1.29, 1.82) is 0 Å². The van der Waals surface area contributed by atoms with Crippen molar-refractivity contribution in [3.8, 4) is 0 Å². The summed E-state index contributed by atoms with van der Waals surface area (Å²) >= 11 is 0. The van der Waals surface area contributed by atoms with Gasteiger partial charge in [-0.1, -0.05) is 6.42 Å². The Hall–Kier alpha value is -2.16. The van der Waals surface area contributed by atoms with E-state index in [2.05, 4.69) is 10.6 Å². The quantitative estimate of drug-likeness (QED) is 0.613. The van der Waals surface area contributed by atoms with Crippen LogP contribution in [0.25, 0.3) is 0 Å². The van der Waals surface area contributed by atoms with Gasteiger partial charge < -0.3 is 10.6 Å². The van der Waals surface area contributed by atoms with E-state index >= 15 is 0 Å². The first kappa shape index (κ1) is 18.2. The van der Waals surface area contributed by atoms with Crippen LogP contribution in [0.5, 0.6) is 0 Å². The summed E-state index contributed by atoms with van der Waals surface area (Å²) in [6.07, 6.45) is 3.90. The largest absolute Gasteiger partial charge is 0.382 e. The van der Waals surface area contributed by atoms with Gasteiger partial charge in [0, 0.05) is 37.2 Å². The van der Waals surface area contributed by atoms with Gasteiger partial charge in [0.1, 0.15) is 9.84 Å². The number of sulfone groups is 1. The van der Waals surface area contributed by atoms with Gasteiger partial charge in [-0.25, -0.2) is 8.42 Å². The molecule has 2 rings (SSSR count). The van der Waals surface area contributed by atoms with Crippen LogP contribution < -0.4 is 10.6 Å². The van der Waals surface area contributed by atoms with Crippen LogP contribution in [-0.4, -0.2) is 43.8 Å². The zero-order valence-electron chi connectivity index (χ0n) is 13.6. The van der Waals surface area contributed by atoms with Crippen molar-refractivity contribution in [2.45, 2.75) is 37.0 Å². The Labute approximate surface area is 140 Å². The molecule has 8 nitrogen and oxygen atoms in total. The molecule has 0 aliphatic heterocycles. The Morgan fingerprint density at radius 3 is 2.62 bits per heavy atom. The number of amides is 1. The predicted molar refractivity (Wildman–Crippen MR) is 91.0 cm³/mol. The summed E-state index contributed by atoms with van der Waals surface area (Å²) in [5, 5.41) is 16.2. The van der Waals surface area contributed by atoms with Crippen molar-refractivity contribution in [3.05, 3.63) is 33.9 Å². The molecule has 1 fully saturated rings. The average molecular weight is 355 g/mol. The van der Waals surface area contributed by atoms with Gasteiger partial charge in [0.2, 0.25) is 0 Å². The number of hydrogen-bond acceptors (Lipinski definition) is 6. The Morgan fingerprint density at radius 1 is 1.33 bits per heavy atom. The number of non-ortho nitro benzene ring substituents is 1. The molecule has 0 bridgehead atoms. The minimum absolute atomic E-state index is 0.0941. The molecule has 0 aromatic heterocycles. The third-order valence-corrected chi connectivity index (χ3v) is 5.92. The van der Waals surface area contributed by atoms with Gasteiger partial charge >= 0.3 is 0 Å². The number of nitrogens with one attached hydrogen (secondary N) is 2. The minimum Gasteiger partial charge on any atom is -0.382 e. The van der Waals surface area contributed by atoms with Crippen molar-refractivity contribution in [3.63, 3.8) is 0 Å². The van der Waals surface area contributed by atoms with Crippen molar-refractivity contribution in [2.24, 2.45) is 0 Å². The molecule has 1 aromatic rings. The smallest absolute Gasteiger partial charge is 0.270 e. The van der Waals surface area contributed by atoms with Crippen LogP contribution in [0.3, 0.4) is 0 Å². The van der Waals surface area contributed by atoms with E-state index in [1.54, 1.807) is 0 Å². The standard InChI is InChI=1S/C15H21N3O5S/c1-16-15(19)13-9-11(18(20)21)6-7-14(13)17-10-4-3-5-12(8-10)24(2,22)23/h6-7,9-10,12,17H,3-5,8H2,1-2H3,(H,16,19). The molecule has 0 heterocycles. The van der Waals surface area contributed by atoms with E-state index in [-0.39, 0.29) is 17.3 Å². The summed E-state index contributed by atoms with van der Waals surface area (Å²) in [5.41, 5.74) is 0.476. The van der Waals surface area contributed by atoms with Gasteiger partial charge in [-0.05, 0) is 25.3 Å². The summed E-state index contributed by atoms with van der Waals surface area (Å²) in [4.78, 5) is 22.4. The van der Waals surface area contributed by atoms with Gasteiger partial charge in [0.05, 0.1) is 15.7 Å². The molecule has 1 aromatic carbocycles. The molecule has 2 unspecified atom stereocenters. The topological polar surface area (TPSA) is 118 Å². The number of nitro groups is 1. The molecule has 0 radical (unpaired) electrons. The molecule has 2 atom stereocenters. The van der Waals surface area contributed by atoms with Crippen LogP contribution in [0.2, 0.25) is 0 Å². The molecule has 1 aliphatic rings. The lowest BCUT2D eigenvalue weighted by molar-refractivity contribution is -0.384. The number of carbonyl (C=O) groups excluding carboxylic acids is 1. The second-order valence-corrected chi connectivity index (χ2v) is 8.35. The highest BCUT2D eigenvalue weighted by Gasteiger charge is 2.29. The third-order valence-electron chi connectivity index (χ3n) is 4.28. The molecule has 0 saturated heterocycles. The zero-order valence-corrected chi connectivity index (χ0v) is 14.4. The molecule has 1 amide bonds. The minimum atomic E-state index is -3.11. The van der Waals surface area contributed by atoms with Crippen molar-refractivity contribution in [1.82, 2.24) is 5.32 Å². The van der Waals surface area contributed by atoms with Crippen molar-refractivity contribution in [2.75, 3.05) is 18.6 Å². The summed E-state index contributed by atoms with van der Waals surface area (Å²) in [7, 11) is -1.66. The van der Waals surface area contributed by atoms with E-state index in [9.17, 15) is 23.3 Å². The molecule has 0 spiro atoms. The molecular weight excluding hydrogens is 334 g/mol. The van der Waals surface area contributed by atoms with Crippen LogP contribution in [0, 0.1) is 10.1 Å². The van der Waals surface area contributed by atoms with Crippen molar-refractivity contribution < 1.29 is 18.1 Å². The summed E-state index contributed by atoms with van der Waals surface area (Å²) in [6.45, 7) is 0. The first-order chi connectivity index (χ1) is 11.2. The highest BCUT2D eigenvalue weighted by atomic mass is 32.2. The highest BCUT2D eigenvalue weighted by Crippen LogP contribution is 2.29. The molecule has 24 heavy (non-hydrogen) atoms. The maximum Gasteiger partial charge on any atom is 0.270 e. The Balaban J connectivity index is 2.25. The number of hydrogen-bond donors (Lipinski definition) is 2. The second-order valence-electron chi connectivity index (χ2n) is 6.03. The van der Waals surface area contributed by atoms with Crippen LogP contribution in [0.4, 0.5) is 11.4 Å². The average Bonchev–Trinajstić information content (AvgIpc) is 2.53. The molecule has 1 saturated carbocycles. The fourth-order valence-electron chi connectivity index (χ4n) is 2.98. The van der Waals surface area contributed by atoms with Gasteiger partial charge in [0.25, 0.3) is 11.6 Å². The third kappa shape index (κ3) is 4.22. The number of rotatable bonds is 5. The lowest BCUT2D eigenvalue weighted by atomic mass is 9.94. The van der Waals surface area contributed by atoms with Gasteiger partial charge in [-0.3, -0.25) is 14.9 Å². The van der Waals surface area contributed by atoms with Crippen LogP contribution in [-0.2, 0) is 9.84 Å². The molecule has 9 heteroatoms. The number of nitro benzene ring substituents is 1. The fraction of sp³-hybridized carbons (Fsp3) is 0.533. The Bertz CT molecular complexity index is 747. The summed E-state index contributed by atoms with van der Waals surface area (Å²) < 4.78 is 23.5. The van der Waals surface area contributed by atoms with E-state index in [4.69, 9.17) is 0 Å². The van der Waals surface area contributed by atoms with Crippen LogP contribution in [0.15, 0.2) is 18.2 Å². The lowest BCUT2D eigenvalue weighted by Gasteiger charge is -2.29. The van der Waals surface area contributed by atoms with E-state index in [0.717, 1.165) is 12.8 Å². The summed E-state index contributed by atoms with van der Waals surface area (Å²) in [5.74, 6) is -0.434. The SMILES string of the molecule is CNC(=O)c1cc([N+](=O)[O-])ccc1NC1CCCC(S(C)(=O)=O)C1. The summed E-state index contributed by atoms with van der Waals surface area (Å²) in [6, 6.07) is 3.94. The Kier molecular flexibility index (Phi) is 5.43. The van der Waals surface area contributed by atoms with E-state index in [0.29, 0.717) is 18.5 Å². The van der Waals surface area contributed by atoms with Crippen molar-refractivity contribution >= 4 is 27.1 Å². The van der Waals surface area contributed by atoms with Gasteiger partial charge in [-0.2, -0.15) is 0 Å². The normalized spacial score (nSPS) is 21.1. The molecule has 2 N–H and O–H groups in total. The second kappa shape index (κ2) is 7.16. The molecular formula is C15H21N3O5S. The first-order valence-electron chi connectivity index (χ1n) is 7.68. The predicted octanol–water partition coefficient (Wildman–Crippen LogP) is 1.72. The number of anilines is 1. The van der Waals surface area contributed by atoms with Gasteiger partial charge in [-0.15, -0.1) is 0 Å².